The van der Waals surface area contributed by atoms with Crippen LogP contribution in [0.25, 0.3) is 0 Å². The third-order valence-electron chi connectivity index (χ3n) is 5.53. The Balaban J connectivity index is 2.06. The molecular weight excluding hydrogens is 368 g/mol. The lowest BCUT2D eigenvalue weighted by atomic mass is 9.80. The number of Topliss-reactive ketones (excluding diaryl/α,β-unsaturated/α-hetero) is 1. The molecule has 0 spiro atoms. The Morgan fingerprint density at radius 2 is 1.52 bits per heavy atom. The smallest absolute Gasteiger partial charge is 0.318 e. The van der Waals surface area contributed by atoms with Gasteiger partial charge in [0.2, 0.25) is 0 Å². The zero-order chi connectivity index (χ0) is 21.0. The number of methoxy groups -OCH3 is 2. The number of urea groups is 1. The van der Waals surface area contributed by atoms with Gasteiger partial charge in [0.05, 0.1) is 26.3 Å². The summed E-state index contributed by atoms with van der Waals surface area (Å²) in [6.07, 6.45) is 0.289. The van der Waals surface area contributed by atoms with Gasteiger partial charge in [0, 0.05) is 18.9 Å². The summed E-state index contributed by atoms with van der Waals surface area (Å²) in [6, 6.07) is 14.3. The maximum Gasteiger partial charge on any atom is 0.318 e. The number of nitrogens with one attached hydrogen (secondary N) is 1. The van der Waals surface area contributed by atoms with Gasteiger partial charge in [-0.3, -0.25) is 4.79 Å². The summed E-state index contributed by atoms with van der Waals surface area (Å²) in [6.45, 7) is 4.30. The molecule has 2 aromatic rings. The number of carbonyl (C=O) groups is 2. The second-order valence-electron chi connectivity index (χ2n) is 7.21. The van der Waals surface area contributed by atoms with Crippen LogP contribution in [0.15, 0.2) is 48.5 Å². The molecule has 3 atom stereocenters. The number of ketones is 1. The molecule has 3 rings (SSSR count). The number of rotatable bonds is 5. The van der Waals surface area contributed by atoms with Gasteiger partial charge in [-0.1, -0.05) is 31.2 Å². The van der Waals surface area contributed by atoms with Crippen LogP contribution < -0.4 is 14.8 Å². The largest absolute Gasteiger partial charge is 0.497 e. The van der Waals surface area contributed by atoms with Gasteiger partial charge in [0.1, 0.15) is 17.3 Å². The standard InChI is InChI=1S/C23H28N2O4/c1-5-24-23(27)25-20(16-6-10-18(28-3)11-7-16)14-21(26)15(2)22(25)17-8-12-19(29-4)13-9-17/h6-13,15,20,22H,5,14H2,1-4H3,(H,24,27). The first kappa shape index (κ1) is 20.7. The van der Waals surface area contributed by atoms with Crippen molar-refractivity contribution < 1.29 is 19.1 Å². The van der Waals surface area contributed by atoms with Crippen LogP contribution in [0.4, 0.5) is 4.79 Å². The number of amides is 2. The lowest BCUT2D eigenvalue weighted by Crippen LogP contribution is -2.51. The summed E-state index contributed by atoms with van der Waals surface area (Å²) in [5, 5.41) is 2.92. The first-order chi connectivity index (χ1) is 14.0. The lowest BCUT2D eigenvalue weighted by molar-refractivity contribution is -0.129. The van der Waals surface area contributed by atoms with E-state index in [4.69, 9.17) is 9.47 Å². The second kappa shape index (κ2) is 8.99. The predicted molar refractivity (Wildman–Crippen MR) is 111 cm³/mol. The van der Waals surface area contributed by atoms with Crippen LogP contribution in [0.5, 0.6) is 11.5 Å². The van der Waals surface area contributed by atoms with Crippen molar-refractivity contribution in [2.45, 2.75) is 32.4 Å². The van der Waals surface area contributed by atoms with E-state index in [1.165, 1.54) is 0 Å². The molecule has 0 bridgehead atoms. The van der Waals surface area contributed by atoms with Gasteiger partial charge in [-0.2, -0.15) is 0 Å². The van der Waals surface area contributed by atoms with Crippen LogP contribution in [-0.4, -0.2) is 37.5 Å². The first-order valence-corrected chi connectivity index (χ1v) is 9.86. The third kappa shape index (κ3) is 4.21. The fourth-order valence-electron chi connectivity index (χ4n) is 3.95. The number of likely N-dealkylation sites (tertiary alicyclic amines) is 1. The van der Waals surface area contributed by atoms with Crippen LogP contribution in [0.1, 0.15) is 43.5 Å². The topological polar surface area (TPSA) is 67.9 Å². The summed E-state index contributed by atoms with van der Waals surface area (Å²) in [7, 11) is 3.23. The molecule has 6 heteroatoms. The number of piperidine rings is 1. The minimum atomic E-state index is -0.360. The molecular formula is C23H28N2O4. The normalized spacial score (nSPS) is 21.6. The maximum absolute atomic E-state index is 13.1. The molecule has 0 aliphatic carbocycles. The Morgan fingerprint density at radius 1 is 1.00 bits per heavy atom. The van der Waals surface area contributed by atoms with E-state index >= 15 is 0 Å². The summed E-state index contributed by atoms with van der Waals surface area (Å²) in [4.78, 5) is 27.9. The fraction of sp³-hybridized carbons (Fsp3) is 0.391. The molecule has 1 aliphatic heterocycles. The molecule has 29 heavy (non-hydrogen) atoms. The Labute approximate surface area is 171 Å². The third-order valence-corrected chi connectivity index (χ3v) is 5.53. The highest BCUT2D eigenvalue weighted by Gasteiger charge is 2.43. The van der Waals surface area contributed by atoms with Crippen molar-refractivity contribution >= 4 is 11.8 Å². The number of hydrogen-bond acceptors (Lipinski definition) is 4. The van der Waals surface area contributed by atoms with E-state index in [0.29, 0.717) is 6.54 Å². The molecule has 3 unspecified atom stereocenters. The lowest BCUT2D eigenvalue weighted by Gasteiger charge is -2.45. The van der Waals surface area contributed by atoms with Crippen molar-refractivity contribution in [3.63, 3.8) is 0 Å². The summed E-state index contributed by atoms with van der Waals surface area (Å²) >= 11 is 0. The predicted octanol–water partition coefficient (Wildman–Crippen LogP) is 4.13. The fourth-order valence-corrected chi connectivity index (χ4v) is 3.95. The van der Waals surface area contributed by atoms with E-state index in [1.807, 2.05) is 67.3 Å². The van der Waals surface area contributed by atoms with Crippen LogP contribution in [-0.2, 0) is 4.79 Å². The number of benzene rings is 2. The molecule has 6 nitrogen and oxygen atoms in total. The molecule has 154 valence electrons. The maximum atomic E-state index is 13.1. The summed E-state index contributed by atoms with van der Waals surface area (Å²) in [5.41, 5.74) is 1.83. The molecule has 1 saturated heterocycles. The van der Waals surface area contributed by atoms with Crippen LogP contribution in [0.2, 0.25) is 0 Å². The Hall–Kier alpha value is -3.02. The van der Waals surface area contributed by atoms with Crippen molar-refractivity contribution in [3.8, 4) is 11.5 Å². The average molecular weight is 396 g/mol. The van der Waals surface area contributed by atoms with E-state index in [1.54, 1.807) is 14.2 Å². The van der Waals surface area contributed by atoms with Gasteiger partial charge >= 0.3 is 6.03 Å². The number of nitrogens with zero attached hydrogens (tertiary/aromatic N) is 1. The van der Waals surface area contributed by atoms with Crippen molar-refractivity contribution in [3.05, 3.63) is 59.7 Å². The Morgan fingerprint density at radius 3 is 2.00 bits per heavy atom. The highest BCUT2D eigenvalue weighted by Crippen LogP contribution is 2.43. The van der Waals surface area contributed by atoms with Gasteiger partial charge in [-0.25, -0.2) is 4.79 Å². The quantitative estimate of drug-likeness (QED) is 0.825. The molecule has 0 aromatic heterocycles. The molecule has 2 amide bonds. The first-order valence-electron chi connectivity index (χ1n) is 9.86. The van der Waals surface area contributed by atoms with Crippen LogP contribution in [0.3, 0.4) is 0 Å². The van der Waals surface area contributed by atoms with Crippen molar-refractivity contribution in [1.29, 1.82) is 0 Å². The van der Waals surface area contributed by atoms with Gasteiger partial charge in [-0.05, 0) is 42.3 Å². The van der Waals surface area contributed by atoms with Crippen molar-refractivity contribution in [2.75, 3.05) is 20.8 Å². The SMILES string of the molecule is CCNC(=O)N1C(c2ccc(OC)cc2)CC(=O)C(C)C1c1ccc(OC)cc1. The van der Waals surface area contributed by atoms with Crippen LogP contribution >= 0.6 is 0 Å². The number of carbonyl (C=O) groups excluding carboxylic acids is 2. The minimum absolute atomic E-state index is 0.146. The molecule has 1 fully saturated rings. The summed E-state index contributed by atoms with van der Waals surface area (Å²) < 4.78 is 10.5. The average Bonchev–Trinajstić information content (AvgIpc) is 2.75. The van der Waals surface area contributed by atoms with Gasteiger partial charge < -0.3 is 19.7 Å². The van der Waals surface area contributed by atoms with Crippen molar-refractivity contribution in [1.82, 2.24) is 10.2 Å². The molecule has 1 aliphatic rings. The van der Waals surface area contributed by atoms with E-state index in [-0.39, 0.29) is 36.2 Å². The molecule has 1 heterocycles. The van der Waals surface area contributed by atoms with Gasteiger partial charge in [0.25, 0.3) is 0 Å². The van der Waals surface area contributed by atoms with E-state index in [9.17, 15) is 9.59 Å². The number of hydrogen-bond donors (Lipinski definition) is 1. The molecule has 0 saturated carbocycles. The van der Waals surface area contributed by atoms with Crippen LogP contribution in [0, 0.1) is 5.92 Å². The minimum Gasteiger partial charge on any atom is -0.497 e. The van der Waals surface area contributed by atoms with Crippen molar-refractivity contribution in [2.24, 2.45) is 5.92 Å². The highest BCUT2D eigenvalue weighted by atomic mass is 16.5. The summed E-state index contributed by atoms with van der Waals surface area (Å²) in [5.74, 6) is 1.31. The Bertz CT molecular complexity index is 848. The molecule has 0 radical (unpaired) electrons. The highest BCUT2D eigenvalue weighted by molar-refractivity contribution is 5.86. The monoisotopic (exact) mass is 396 g/mol. The zero-order valence-corrected chi connectivity index (χ0v) is 17.3. The molecule has 1 N–H and O–H groups in total. The zero-order valence-electron chi connectivity index (χ0n) is 17.3. The second-order valence-corrected chi connectivity index (χ2v) is 7.21. The Kier molecular flexibility index (Phi) is 6.42. The van der Waals surface area contributed by atoms with Gasteiger partial charge in [-0.15, -0.1) is 0 Å². The number of ether oxygens (including phenoxy) is 2. The van der Waals surface area contributed by atoms with Gasteiger partial charge in [0.15, 0.2) is 0 Å². The van der Waals surface area contributed by atoms with E-state index < -0.39 is 0 Å². The molecule has 2 aromatic carbocycles. The van der Waals surface area contributed by atoms with E-state index in [0.717, 1.165) is 22.6 Å². The van der Waals surface area contributed by atoms with E-state index in [2.05, 4.69) is 5.32 Å².